The first-order chi connectivity index (χ1) is 10.9. The second-order valence-corrected chi connectivity index (χ2v) is 4.50. The van der Waals surface area contributed by atoms with E-state index in [0.717, 1.165) is 17.0 Å². The zero-order chi connectivity index (χ0) is 14.8. The van der Waals surface area contributed by atoms with Crippen molar-refractivity contribution in [2.45, 2.75) is 0 Å². The Morgan fingerprint density at radius 2 is 1.86 bits per heavy atom. The molecule has 0 aliphatic heterocycles. The van der Waals surface area contributed by atoms with Crippen molar-refractivity contribution in [2.24, 2.45) is 0 Å². The van der Waals surface area contributed by atoms with Gasteiger partial charge in [0, 0.05) is 30.4 Å². The van der Waals surface area contributed by atoms with Crippen LogP contribution in [-0.4, -0.2) is 30.1 Å². The molecular formula is C15H10N6O. The minimum atomic E-state index is 0.400. The van der Waals surface area contributed by atoms with Gasteiger partial charge in [0.25, 0.3) is 5.89 Å². The van der Waals surface area contributed by atoms with Gasteiger partial charge in [-0.25, -0.2) is 9.97 Å². The molecule has 0 bridgehead atoms. The molecule has 0 spiro atoms. The van der Waals surface area contributed by atoms with E-state index in [-0.39, 0.29) is 0 Å². The fraction of sp³-hybridized carbons (Fsp3) is 0. The van der Waals surface area contributed by atoms with Crippen LogP contribution in [0.1, 0.15) is 0 Å². The van der Waals surface area contributed by atoms with Gasteiger partial charge in [0.05, 0.1) is 11.8 Å². The van der Waals surface area contributed by atoms with E-state index in [9.17, 15) is 0 Å². The predicted molar refractivity (Wildman–Crippen MR) is 78.3 cm³/mol. The molecule has 0 aliphatic rings. The van der Waals surface area contributed by atoms with Gasteiger partial charge < -0.3 is 9.51 Å². The number of hydrogen-bond acceptors (Lipinski definition) is 6. The normalized spacial score (nSPS) is 10.7. The first kappa shape index (κ1) is 12.4. The summed E-state index contributed by atoms with van der Waals surface area (Å²) in [5.74, 6) is 1.56. The molecule has 0 saturated carbocycles. The van der Waals surface area contributed by atoms with E-state index in [4.69, 9.17) is 4.52 Å². The Labute approximate surface area is 125 Å². The summed E-state index contributed by atoms with van der Waals surface area (Å²) in [4.78, 5) is 19.9. The number of aromatic amines is 1. The Kier molecular flexibility index (Phi) is 2.93. The molecule has 0 fully saturated rings. The summed E-state index contributed by atoms with van der Waals surface area (Å²) >= 11 is 0. The van der Waals surface area contributed by atoms with Gasteiger partial charge in [-0.2, -0.15) is 4.98 Å². The SMILES string of the molecule is c1ccc(-c2nc(-c3cnccn3)no2)c(-c2ncc[nH]2)c1. The molecule has 4 aromatic rings. The number of hydrogen-bond donors (Lipinski definition) is 1. The maximum atomic E-state index is 5.37. The van der Waals surface area contributed by atoms with Gasteiger partial charge in [-0.3, -0.25) is 4.98 Å². The molecule has 0 saturated heterocycles. The second kappa shape index (κ2) is 5.21. The number of nitrogens with one attached hydrogen (secondary N) is 1. The number of rotatable bonds is 3. The van der Waals surface area contributed by atoms with Crippen LogP contribution in [0.15, 0.2) is 59.8 Å². The van der Waals surface area contributed by atoms with E-state index in [1.54, 1.807) is 31.0 Å². The van der Waals surface area contributed by atoms with Crippen LogP contribution >= 0.6 is 0 Å². The minimum Gasteiger partial charge on any atom is -0.345 e. The summed E-state index contributed by atoms with van der Waals surface area (Å²) in [6.45, 7) is 0. The standard InChI is InChI=1S/C15H10N6O/c1-2-4-11(10(3-1)13-18-7-8-19-13)15-20-14(21-22-15)12-9-16-5-6-17-12/h1-9H,(H,18,19). The lowest BCUT2D eigenvalue weighted by Crippen LogP contribution is -1.88. The number of H-pyrrole nitrogens is 1. The second-order valence-electron chi connectivity index (χ2n) is 4.50. The summed E-state index contributed by atoms with van der Waals surface area (Å²) in [6.07, 6.45) is 8.24. The summed E-state index contributed by atoms with van der Waals surface area (Å²) in [7, 11) is 0. The molecule has 1 N–H and O–H groups in total. The van der Waals surface area contributed by atoms with E-state index >= 15 is 0 Å². The monoisotopic (exact) mass is 290 g/mol. The molecule has 0 atom stereocenters. The maximum absolute atomic E-state index is 5.37. The van der Waals surface area contributed by atoms with Gasteiger partial charge in [0.2, 0.25) is 5.82 Å². The molecule has 3 heterocycles. The van der Waals surface area contributed by atoms with Crippen molar-refractivity contribution >= 4 is 0 Å². The van der Waals surface area contributed by atoms with Crippen molar-refractivity contribution in [3.63, 3.8) is 0 Å². The molecule has 22 heavy (non-hydrogen) atoms. The van der Waals surface area contributed by atoms with Crippen molar-refractivity contribution in [3.8, 4) is 34.4 Å². The van der Waals surface area contributed by atoms with Crippen LogP contribution in [0.3, 0.4) is 0 Å². The first-order valence-electron chi connectivity index (χ1n) is 6.61. The van der Waals surface area contributed by atoms with E-state index in [2.05, 4.69) is 30.1 Å². The van der Waals surface area contributed by atoms with E-state index in [0.29, 0.717) is 17.4 Å². The first-order valence-corrected chi connectivity index (χ1v) is 6.61. The van der Waals surface area contributed by atoms with Gasteiger partial charge >= 0.3 is 0 Å². The highest BCUT2D eigenvalue weighted by atomic mass is 16.5. The Balaban J connectivity index is 1.80. The van der Waals surface area contributed by atoms with E-state index in [1.807, 2.05) is 24.3 Å². The largest absolute Gasteiger partial charge is 0.345 e. The molecule has 106 valence electrons. The Morgan fingerprint density at radius 3 is 2.64 bits per heavy atom. The fourth-order valence-electron chi connectivity index (χ4n) is 2.14. The third-order valence-electron chi connectivity index (χ3n) is 3.13. The van der Waals surface area contributed by atoms with Gasteiger partial charge in [-0.05, 0) is 6.07 Å². The smallest absolute Gasteiger partial charge is 0.259 e. The van der Waals surface area contributed by atoms with Gasteiger partial charge in [0.15, 0.2) is 0 Å². The van der Waals surface area contributed by atoms with Crippen molar-refractivity contribution in [2.75, 3.05) is 0 Å². The van der Waals surface area contributed by atoms with Crippen LogP contribution in [-0.2, 0) is 0 Å². The molecular weight excluding hydrogens is 280 g/mol. The fourth-order valence-corrected chi connectivity index (χ4v) is 2.14. The quantitative estimate of drug-likeness (QED) is 0.623. The average molecular weight is 290 g/mol. The van der Waals surface area contributed by atoms with Gasteiger partial charge in [-0.15, -0.1) is 0 Å². The summed E-state index contributed by atoms with van der Waals surface area (Å²) in [5.41, 5.74) is 2.26. The van der Waals surface area contributed by atoms with Crippen molar-refractivity contribution < 1.29 is 4.52 Å². The Morgan fingerprint density at radius 1 is 0.955 bits per heavy atom. The predicted octanol–water partition coefficient (Wildman–Crippen LogP) is 2.58. The van der Waals surface area contributed by atoms with Crippen molar-refractivity contribution in [1.29, 1.82) is 0 Å². The lowest BCUT2D eigenvalue weighted by Gasteiger charge is -2.02. The zero-order valence-electron chi connectivity index (χ0n) is 11.3. The van der Waals surface area contributed by atoms with Crippen LogP contribution in [0.25, 0.3) is 34.4 Å². The molecule has 7 nitrogen and oxygen atoms in total. The average Bonchev–Trinajstić information content (AvgIpc) is 3.28. The number of aromatic nitrogens is 6. The van der Waals surface area contributed by atoms with Crippen LogP contribution in [0.4, 0.5) is 0 Å². The maximum Gasteiger partial charge on any atom is 0.259 e. The van der Waals surface area contributed by atoms with Gasteiger partial charge in [0.1, 0.15) is 11.5 Å². The molecule has 4 rings (SSSR count). The molecule has 0 aliphatic carbocycles. The topological polar surface area (TPSA) is 93.4 Å². The third kappa shape index (κ3) is 2.14. The highest BCUT2D eigenvalue weighted by Gasteiger charge is 2.16. The van der Waals surface area contributed by atoms with Crippen LogP contribution in [0.2, 0.25) is 0 Å². The van der Waals surface area contributed by atoms with Crippen molar-refractivity contribution in [1.82, 2.24) is 30.1 Å². The Hall–Kier alpha value is -3.35. The summed E-state index contributed by atoms with van der Waals surface area (Å²) in [5, 5.41) is 3.97. The highest BCUT2D eigenvalue weighted by molar-refractivity contribution is 5.76. The lowest BCUT2D eigenvalue weighted by molar-refractivity contribution is 0.432. The molecule has 1 aromatic carbocycles. The third-order valence-corrected chi connectivity index (χ3v) is 3.13. The minimum absolute atomic E-state index is 0.400. The summed E-state index contributed by atoms with van der Waals surface area (Å²) < 4.78 is 5.37. The Bertz CT molecular complexity index is 885. The number of nitrogens with zero attached hydrogens (tertiary/aromatic N) is 5. The van der Waals surface area contributed by atoms with Gasteiger partial charge in [-0.1, -0.05) is 23.4 Å². The van der Waals surface area contributed by atoms with Crippen LogP contribution in [0, 0.1) is 0 Å². The van der Waals surface area contributed by atoms with E-state index < -0.39 is 0 Å². The molecule has 0 amide bonds. The lowest BCUT2D eigenvalue weighted by atomic mass is 10.1. The number of imidazole rings is 1. The molecule has 0 radical (unpaired) electrons. The highest BCUT2D eigenvalue weighted by Crippen LogP contribution is 2.29. The van der Waals surface area contributed by atoms with Crippen molar-refractivity contribution in [3.05, 3.63) is 55.2 Å². The van der Waals surface area contributed by atoms with Crippen LogP contribution < -0.4 is 0 Å². The molecule has 3 aromatic heterocycles. The van der Waals surface area contributed by atoms with E-state index in [1.165, 1.54) is 0 Å². The zero-order valence-corrected chi connectivity index (χ0v) is 11.3. The summed E-state index contributed by atoms with van der Waals surface area (Å²) in [6, 6.07) is 7.70. The number of benzene rings is 1. The van der Waals surface area contributed by atoms with Crippen LogP contribution in [0.5, 0.6) is 0 Å². The molecule has 0 unspecified atom stereocenters. The molecule has 7 heteroatoms.